The van der Waals surface area contributed by atoms with Crippen LogP contribution in [0.25, 0.3) is 0 Å². The average molecular weight is 294 g/mol. The number of hydrogen-bond donors (Lipinski definition) is 4. The van der Waals surface area contributed by atoms with E-state index in [4.69, 9.17) is 5.73 Å². The standard InChI is InChI=1S/C15H22N2O4/c1-3-8-15(2,16)14(21)17-12(13(19)20)9-10-4-6-11(18)7-5-10/h4-7,12,18H,3,8-9,16H2,1-2H3,(H,17,21)(H,19,20). The monoisotopic (exact) mass is 294 g/mol. The minimum Gasteiger partial charge on any atom is -0.508 e. The number of phenolic OH excluding ortho intramolecular Hbond substituents is 1. The third kappa shape index (κ3) is 5.07. The number of nitrogens with two attached hydrogens (primary N) is 1. The van der Waals surface area contributed by atoms with Crippen LogP contribution in [0, 0.1) is 0 Å². The highest BCUT2D eigenvalue weighted by atomic mass is 16.4. The van der Waals surface area contributed by atoms with Crippen molar-refractivity contribution in [3.05, 3.63) is 29.8 Å². The molecule has 0 aromatic heterocycles. The number of nitrogens with one attached hydrogen (secondary N) is 1. The number of benzene rings is 1. The molecule has 0 fully saturated rings. The molecule has 0 radical (unpaired) electrons. The molecule has 0 saturated heterocycles. The van der Waals surface area contributed by atoms with E-state index >= 15 is 0 Å². The van der Waals surface area contributed by atoms with E-state index < -0.39 is 23.5 Å². The van der Waals surface area contributed by atoms with Gasteiger partial charge in [0.2, 0.25) is 5.91 Å². The van der Waals surface area contributed by atoms with Gasteiger partial charge in [0.1, 0.15) is 11.8 Å². The van der Waals surface area contributed by atoms with Gasteiger partial charge in [0.25, 0.3) is 0 Å². The topological polar surface area (TPSA) is 113 Å². The van der Waals surface area contributed by atoms with E-state index in [1.165, 1.54) is 12.1 Å². The highest BCUT2D eigenvalue weighted by molar-refractivity contribution is 5.89. The molecule has 6 nitrogen and oxygen atoms in total. The molecule has 1 aromatic rings. The van der Waals surface area contributed by atoms with Crippen LogP contribution in [0.15, 0.2) is 24.3 Å². The summed E-state index contributed by atoms with van der Waals surface area (Å²) in [6.07, 6.45) is 1.34. The largest absolute Gasteiger partial charge is 0.508 e. The molecule has 0 aliphatic carbocycles. The fourth-order valence-corrected chi connectivity index (χ4v) is 2.02. The molecule has 0 bridgehead atoms. The van der Waals surface area contributed by atoms with Crippen LogP contribution in [-0.2, 0) is 16.0 Å². The second-order valence-corrected chi connectivity index (χ2v) is 5.40. The van der Waals surface area contributed by atoms with E-state index in [9.17, 15) is 19.8 Å². The number of carboxylic acid groups (broad SMARTS) is 1. The Hall–Kier alpha value is -2.08. The number of carboxylic acids is 1. The molecule has 0 aliphatic rings. The van der Waals surface area contributed by atoms with Crippen LogP contribution in [0.1, 0.15) is 32.3 Å². The van der Waals surface area contributed by atoms with Crippen LogP contribution in [0.2, 0.25) is 0 Å². The Balaban J connectivity index is 2.76. The van der Waals surface area contributed by atoms with Crippen molar-refractivity contribution in [1.29, 1.82) is 0 Å². The predicted octanol–water partition coefficient (Wildman–Crippen LogP) is 1.02. The molecule has 0 heterocycles. The number of hydrogen-bond acceptors (Lipinski definition) is 4. The summed E-state index contributed by atoms with van der Waals surface area (Å²) >= 11 is 0. The number of phenols is 1. The molecular weight excluding hydrogens is 272 g/mol. The normalized spacial score (nSPS) is 15.0. The van der Waals surface area contributed by atoms with Gasteiger partial charge in [0.15, 0.2) is 0 Å². The smallest absolute Gasteiger partial charge is 0.326 e. The van der Waals surface area contributed by atoms with Gasteiger partial charge in [-0.2, -0.15) is 0 Å². The maximum atomic E-state index is 12.1. The second kappa shape index (κ2) is 7.08. The van der Waals surface area contributed by atoms with Crippen molar-refractivity contribution in [3.63, 3.8) is 0 Å². The highest BCUT2D eigenvalue weighted by Gasteiger charge is 2.31. The van der Waals surface area contributed by atoms with Crippen molar-refractivity contribution in [2.75, 3.05) is 0 Å². The minimum absolute atomic E-state index is 0.104. The van der Waals surface area contributed by atoms with E-state index in [1.54, 1.807) is 19.1 Å². The lowest BCUT2D eigenvalue weighted by atomic mass is 9.95. The number of aliphatic carboxylic acids is 1. The molecule has 1 amide bonds. The molecule has 2 unspecified atom stereocenters. The van der Waals surface area contributed by atoms with E-state index in [0.29, 0.717) is 12.0 Å². The summed E-state index contributed by atoms with van der Waals surface area (Å²) in [5, 5.41) is 20.9. The van der Waals surface area contributed by atoms with Gasteiger partial charge in [0, 0.05) is 6.42 Å². The summed E-state index contributed by atoms with van der Waals surface area (Å²) in [5.41, 5.74) is 5.51. The van der Waals surface area contributed by atoms with Crippen LogP contribution >= 0.6 is 0 Å². The van der Waals surface area contributed by atoms with Gasteiger partial charge >= 0.3 is 5.97 Å². The van der Waals surface area contributed by atoms with Crippen LogP contribution in [-0.4, -0.2) is 33.7 Å². The molecule has 1 rings (SSSR count). The summed E-state index contributed by atoms with van der Waals surface area (Å²) in [7, 11) is 0. The van der Waals surface area contributed by atoms with Crippen molar-refractivity contribution in [3.8, 4) is 5.75 Å². The van der Waals surface area contributed by atoms with Crippen molar-refractivity contribution in [2.45, 2.75) is 44.7 Å². The van der Waals surface area contributed by atoms with Crippen LogP contribution in [0.3, 0.4) is 0 Å². The molecule has 0 aliphatic heterocycles. The van der Waals surface area contributed by atoms with E-state index in [0.717, 1.165) is 6.42 Å². The molecule has 116 valence electrons. The summed E-state index contributed by atoms with van der Waals surface area (Å²) in [4.78, 5) is 23.4. The first-order valence-electron chi connectivity index (χ1n) is 6.87. The Kier molecular flexibility index (Phi) is 5.72. The fraction of sp³-hybridized carbons (Fsp3) is 0.467. The first kappa shape index (κ1) is 17.0. The molecule has 0 saturated carbocycles. The quantitative estimate of drug-likeness (QED) is 0.600. The zero-order valence-corrected chi connectivity index (χ0v) is 12.3. The summed E-state index contributed by atoms with van der Waals surface area (Å²) in [5.74, 6) is -1.49. The Morgan fingerprint density at radius 1 is 1.33 bits per heavy atom. The minimum atomic E-state index is -1.12. The Bertz CT molecular complexity index is 497. The first-order valence-corrected chi connectivity index (χ1v) is 6.87. The average Bonchev–Trinajstić information content (AvgIpc) is 2.40. The lowest BCUT2D eigenvalue weighted by Crippen LogP contribution is -2.56. The highest BCUT2D eigenvalue weighted by Crippen LogP contribution is 2.13. The van der Waals surface area contributed by atoms with Crippen molar-refractivity contribution in [2.24, 2.45) is 5.73 Å². The van der Waals surface area contributed by atoms with Crippen LogP contribution in [0.5, 0.6) is 5.75 Å². The van der Waals surface area contributed by atoms with Gasteiger partial charge in [0.05, 0.1) is 5.54 Å². The van der Waals surface area contributed by atoms with Crippen LogP contribution in [0.4, 0.5) is 0 Å². The zero-order valence-electron chi connectivity index (χ0n) is 12.3. The first-order chi connectivity index (χ1) is 9.76. The van der Waals surface area contributed by atoms with Gasteiger partial charge in [-0.3, -0.25) is 4.79 Å². The van der Waals surface area contributed by atoms with Gasteiger partial charge in [-0.1, -0.05) is 25.5 Å². The maximum absolute atomic E-state index is 12.1. The number of carbonyl (C=O) groups excluding carboxylic acids is 1. The molecule has 1 aromatic carbocycles. The van der Waals surface area contributed by atoms with E-state index in [1.807, 2.05) is 6.92 Å². The van der Waals surface area contributed by atoms with Gasteiger partial charge < -0.3 is 21.3 Å². The van der Waals surface area contributed by atoms with Crippen molar-refractivity contribution < 1.29 is 19.8 Å². The Morgan fingerprint density at radius 2 is 1.90 bits per heavy atom. The maximum Gasteiger partial charge on any atom is 0.326 e. The van der Waals surface area contributed by atoms with Crippen LogP contribution < -0.4 is 11.1 Å². The molecule has 21 heavy (non-hydrogen) atoms. The van der Waals surface area contributed by atoms with Gasteiger partial charge in [-0.25, -0.2) is 4.79 Å². The Labute approximate surface area is 124 Å². The lowest BCUT2D eigenvalue weighted by molar-refractivity contribution is -0.142. The van der Waals surface area contributed by atoms with E-state index in [-0.39, 0.29) is 12.2 Å². The predicted molar refractivity (Wildman–Crippen MR) is 78.9 cm³/mol. The molecule has 6 heteroatoms. The third-order valence-corrected chi connectivity index (χ3v) is 3.27. The van der Waals surface area contributed by atoms with Gasteiger partial charge in [-0.15, -0.1) is 0 Å². The number of carbonyl (C=O) groups is 2. The fourth-order valence-electron chi connectivity index (χ4n) is 2.02. The Morgan fingerprint density at radius 3 is 2.38 bits per heavy atom. The number of rotatable bonds is 7. The molecular formula is C15H22N2O4. The van der Waals surface area contributed by atoms with Crippen molar-refractivity contribution in [1.82, 2.24) is 5.32 Å². The third-order valence-electron chi connectivity index (χ3n) is 3.27. The molecule has 5 N–H and O–H groups in total. The summed E-state index contributed by atoms with van der Waals surface area (Å²) in [6.45, 7) is 3.49. The van der Waals surface area contributed by atoms with Crippen molar-refractivity contribution >= 4 is 11.9 Å². The zero-order chi connectivity index (χ0) is 16.0. The number of amides is 1. The van der Waals surface area contributed by atoms with Gasteiger partial charge in [-0.05, 0) is 31.0 Å². The molecule has 0 spiro atoms. The summed E-state index contributed by atoms with van der Waals surface area (Å²) in [6, 6.07) is 5.12. The lowest BCUT2D eigenvalue weighted by Gasteiger charge is -2.25. The number of aromatic hydroxyl groups is 1. The SMILES string of the molecule is CCCC(C)(N)C(=O)NC(Cc1ccc(O)cc1)C(=O)O. The van der Waals surface area contributed by atoms with E-state index in [2.05, 4.69) is 5.32 Å². The molecule has 2 atom stereocenters. The summed E-state index contributed by atoms with van der Waals surface area (Å²) < 4.78 is 0. The second-order valence-electron chi connectivity index (χ2n) is 5.40.